The van der Waals surface area contributed by atoms with Crippen molar-refractivity contribution in [1.82, 2.24) is 0 Å². The molecule has 0 heterocycles. The van der Waals surface area contributed by atoms with Crippen LogP contribution >= 0.6 is 0 Å². The van der Waals surface area contributed by atoms with Crippen molar-refractivity contribution in [1.29, 1.82) is 0 Å². The molecule has 2 aromatic carbocycles. The zero-order valence-electron chi connectivity index (χ0n) is 22.1. The van der Waals surface area contributed by atoms with Gasteiger partial charge in [-0.3, -0.25) is 5.26 Å². The molecule has 0 bridgehead atoms. The number of rotatable bonds is 16. The van der Waals surface area contributed by atoms with E-state index in [-0.39, 0.29) is 0 Å². The Morgan fingerprint density at radius 3 is 2.08 bits per heavy atom. The van der Waals surface area contributed by atoms with Crippen LogP contribution in [0.3, 0.4) is 0 Å². The van der Waals surface area contributed by atoms with Gasteiger partial charge in [0.1, 0.15) is 11.9 Å². The van der Waals surface area contributed by atoms with Crippen molar-refractivity contribution in [2.75, 3.05) is 33.5 Å². The van der Waals surface area contributed by atoms with Gasteiger partial charge in [-0.15, -0.1) is 0 Å². The number of hydrogen-bond acceptors (Lipinski definition) is 5. The quantitative estimate of drug-likeness (QED) is 0.111. The molecule has 0 aliphatic heterocycles. The van der Waals surface area contributed by atoms with E-state index >= 15 is 0 Å². The van der Waals surface area contributed by atoms with Crippen LogP contribution in [0, 0.1) is 5.92 Å². The number of hydrogen-bond donors (Lipinski definition) is 1. The second-order valence-corrected chi connectivity index (χ2v) is 9.86. The summed E-state index contributed by atoms with van der Waals surface area (Å²) in [5, 5.41) is 9.68. The molecular weight excluding hydrogens is 452 g/mol. The standard InChI is InChI=1S/C31H44O5/c1-4-7-25-8-10-27(11-9-25)28-14-18-30(19-15-28)31(36-32)29-16-12-26(13-17-29)24(2)35-23-6-22-34-21-5-20-33-3/h12-19,25,27,31-32H,2,4-11,20-23H2,1,3H3. The lowest BCUT2D eigenvalue weighted by Gasteiger charge is -2.29. The average Bonchev–Trinajstić information content (AvgIpc) is 2.92. The van der Waals surface area contributed by atoms with E-state index < -0.39 is 6.10 Å². The van der Waals surface area contributed by atoms with Crippen molar-refractivity contribution < 1.29 is 24.4 Å². The van der Waals surface area contributed by atoms with Gasteiger partial charge in [0.05, 0.1) is 6.61 Å². The summed E-state index contributed by atoms with van der Waals surface area (Å²) >= 11 is 0. The minimum Gasteiger partial charge on any atom is -0.494 e. The highest BCUT2D eigenvalue weighted by Gasteiger charge is 2.22. The van der Waals surface area contributed by atoms with Crippen molar-refractivity contribution in [2.24, 2.45) is 5.92 Å². The molecule has 1 aliphatic carbocycles. The van der Waals surface area contributed by atoms with Gasteiger partial charge in [0.2, 0.25) is 0 Å². The van der Waals surface area contributed by atoms with Crippen LogP contribution in [0.5, 0.6) is 0 Å². The Morgan fingerprint density at radius 1 is 0.889 bits per heavy atom. The highest BCUT2D eigenvalue weighted by atomic mass is 17.1. The molecule has 1 aliphatic rings. The third-order valence-corrected chi connectivity index (χ3v) is 7.24. The van der Waals surface area contributed by atoms with E-state index in [1.54, 1.807) is 7.11 Å². The molecule has 198 valence electrons. The van der Waals surface area contributed by atoms with Crippen molar-refractivity contribution in [3.63, 3.8) is 0 Å². The van der Waals surface area contributed by atoms with Crippen molar-refractivity contribution in [2.45, 2.75) is 70.3 Å². The maximum absolute atomic E-state index is 9.68. The normalized spacial score (nSPS) is 18.6. The molecule has 5 heteroatoms. The molecular formula is C31H44O5. The van der Waals surface area contributed by atoms with Crippen LogP contribution in [0.1, 0.15) is 92.6 Å². The minimum atomic E-state index is -0.530. The first-order valence-corrected chi connectivity index (χ1v) is 13.5. The minimum absolute atomic E-state index is 0.530. The predicted octanol–water partition coefficient (Wildman–Crippen LogP) is 7.77. The van der Waals surface area contributed by atoms with Crippen LogP contribution in [0.25, 0.3) is 5.76 Å². The first kappa shape index (κ1) is 28.4. The van der Waals surface area contributed by atoms with Crippen molar-refractivity contribution in [3.05, 3.63) is 77.4 Å². The fourth-order valence-electron chi connectivity index (χ4n) is 5.14. The molecule has 1 atom stereocenters. The highest BCUT2D eigenvalue weighted by molar-refractivity contribution is 5.58. The SMILES string of the molecule is C=C(OCCCOCCCOC)c1ccc(C(OO)c2ccc(C3CCC(CCC)CC3)cc2)cc1. The zero-order chi connectivity index (χ0) is 25.6. The lowest BCUT2D eigenvalue weighted by atomic mass is 9.77. The number of benzene rings is 2. The van der Waals surface area contributed by atoms with Gasteiger partial charge in [-0.05, 0) is 60.6 Å². The first-order valence-electron chi connectivity index (χ1n) is 13.5. The van der Waals surface area contributed by atoms with E-state index in [0.717, 1.165) is 42.1 Å². The Hall–Kier alpha value is -2.18. The summed E-state index contributed by atoms with van der Waals surface area (Å²) in [5.74, 6) is 2.18. The highest BCUT2D eigenvalue weighted by Crippen LogP contribution is 2.38. The number of ether oxygens (including phenoxy) is 3. The Bertz CT molecular complexity index is 869. The molecule has 1 N–H and O–H groups in total. The summed E-state index contributed by atoms with van der Waals surface area (Å²) in [7, 11) is 1.69. The molecule has 0 amide bonds. The molecule has 0 spiro atoms. The van der Waals surface area contributed by atoms with Gasteiger partial charge in [-0.2, -0.15) is 0 Å². The van der Waals surface area contributed by atoms with Crippen LogP contribution < -0.4 is 0 Å². The zero-order valence-corrected chi connectivity index (χ0v) is 22.1. The summed E-state index contributed by atoms with van der Waals surface area (Å²) in [4.78, 5) is 4.90. The summed E-state index contributed by atoms with van der Waals surface area (Å²) in [5.41, 5.74) is 4.13. The van der Waals surface area contributed by atoms with Crippen LogP contribution in [0.2, 0.25) is 0 Å². The summed E-state index contributed by atoms with van der Waals surface area (Å²) in [6.07, 6.45) is 9.07. The molecule has 1 unspecified atom stereocenters. The fraction of sp³-hybridized carbons (Fsp3) is 0.548. The van der Waals surface area contributed by atoms with Gasteiger partial charge in [0.15, 0.2) is 0 Å². The topological polar surface area (TPSA) is 57.2 Å². The monoisotopic (exact) mass is 496 g/mol. The molecule has 0 radical (unpaired) electrons. The van der Waals surface area contributed by atoms with Gasteiger partial charge < -0.3 is 14.2 Å². The Morgan fingerprint density at radius 2 is 1.50 bits per heavy atom. The lowest BCUT2D eigenvalue weighted by Crippen LogP contribution is -2.13. The number of methoxy groups -OCH3 is 1. The molecule has 36 heavy (non-hydrogen) atoms. The predicted molar refractivity (Wildman–Crippen MR) is 145 cm³/mol. The maximum Gasteiger partial charge on any atom is 0.143 e. The molecule has 5 nitrogen and oxygen atoms in total. The third-order valence-electron chi connectivity index (χ3n) is 7.24. The Kier molecular flexibility index (Phi) is 12.5. The van der Waals surface area contributed by atoms with Gasteiger partial charge in [0, 0.05) is 38.9 Å². The Labute approximate surface area is 217 Å². The van der Waals surface area contributed by atoms with Gasteiger partial charge in [-0.1, -0.05) is 74.9 Å². The summed E-state index contributed by atoms with van der Waals surface area (Å²) in [6.45, 7) is 8.96. The van der Waals surface area contributed by atoms with Crippen LogP contribution in [0.15, 0.2) is 55.1 Å². The van der Waals surface area contributed by atoms with Crippen molar-refractivity contribution >= 4 is 5.76 Å². The van der Waals surface area contributed by atoms with E-state index in [9.17, 15) is 5.26 Å². The second kappa shape index (κ2) is 15.8. The fourth-order valence-corrected chi connectivity index (χ4v) is 5.14. The molecule has 2 aromatic rings. The molecule has 0 saturated heterocycles. The lowest BCUT2D eigenvalue weighted by molar-refractivity contribution is -0.270. The van der Waals surface area contributed by atoms with Crippen LogP contribution in [0.4, 0.5) is 0 Å². The van der Waals surface area contributed by atoms with E-state index in [4.69, 9.17) is 19.1 Å². The van der Waals surface area contributed by atoms with Gasteiger partial charge in [0.25, 0.3) is 0 Å². The summed E-state index contributed by atoms with van der Waals surface area (Å²) < 4.78 is 16.3. The van der Waals surface area contributed by atoms with Gasteiger partial charge >= 0.3 is 0 Å². The van der Waals surface area contributed by atoms with Crippen molar-refractivity contribution in [3.8, 4) is 0 Å². The van der Waals surface area contributed by atoms with Gasteiger partial charge in [-0.25, -0.2) is 4.89 Å². The van der Waals surface area contributed by atoms with Crippen LogP contribution in [-0.2, 0) is 19.1 Å². The van der Waals surface area contributed by atoms with E-state index in [2.05, 4.69) is 37.8 Å². The smallest absolute Gasteiger partial charge is 0.143 e. The first-order chi connectivity index (χ1) is 17.7. The van der Waals surface area contributed by atoms with Crippen LogP contribution in [-0.4, -0.2) is 38.8 Å². The molecule has 0 aromatic heterocycles. The van der Waals surface area contributed by atoms with E-state index in [1.807, 2.05) is 24.3 Å². The molecule has 3 rings (SSSR count). The molecule has 1 saturated carbocycles. The maximum atomic E-state index is 9.68. The summed E-state index contributed by atoms with van der Waals surface area (Å²) in [6, 6.07) is 16.4. The molecule has 1 fully saturated rings. The third kappa shape index (κ3) is 8.74. The largest absolute Gasteiger partial charge is 0.494 e. The van der Waals surface area contributed by atoms with E-state index in [0.29, 0.717) is 31.5 Å². The second-order valence-electron chi connectivity index (χ2n) is 9.86. The Balaban J connectivity index is 1.48. The average molecular weight is 497 g/mol. The van der Waals surface area contributed by atoms with E-state index in [1.165, 1.54) is 44.1 Å².